The maximum atomic E-state index is 6.25. The molecule has 8 aromatic carbocycles. The number of para-hydroxylation sites is 1. The lowest BCUT2D eigenvalue weighted by atomic mass is 9.95. The molecule has 0 aliphatic rings. The van der Waals surface area contributed by atoms with Gasteiger partial charge >= 0.3 is 0 Å². The largest absolute Gasteiger partial charge is 0.456 e. The van der Waals surface area contributed by atoms with Crippen LogP contribution in [0.1, 0.15) is 0 Å². The average molecular weight is 626 g/mol. The van der Waals surface area contributed by atoms with Crippen molar-refractivity contribution in [3.05, 3.63) is 164 Å². The van der Waals surface area contributed by atoms with Gasteiger partial charge in [0.2, 0.25) is 0 Å². The number of aromatic nitrogens is 3. The first-order valence-electron chi connectivity index (χ1n) is 16.4. The SMILES string of the molecule is c1ccc2cc(-c3nc(-c4ccc5cccc(-c6ccc7ccccc7c6)c5c4)nc(-c4cccc5oc6ccccc6c45)n3)ccc2c1. The maximum absolute atomic E-state index is 6.25. The zero-order chi connectivity index (χ0) is 32.3. The summed E-state index contributed by atoms with van der Waals surface area (Å²) in [5.41, 5.74) is 6.76. The number of fused-ring (bicyclic) bond motifs is 6. The van der Waals surface area contributed by atoms with Crippen molar-refractivity contribution in [1.29, 1.82) is 0 Å². The number of nitrogens with zero attached hydrogens (tertiary/aromatic N) is 3. The number of rotatable bonds is 4. The molecule has 0 amide bonds. The van der Waals surface area contributed by atoms with Crippen molar-refractivity contribution in [2.45, 2.75) is 0 Å². The minimum Gasteiger partial charge on any atom is -0.456 e. The molecular weight excluding hydrogens is 599 g/mol. The molecule has 0 atom stereocenters. The van der Waals surface area contributed by atoms with Gasteiger partial charge in [0.05, 0.1) is 0 Å². The Labute approximate surface area is 282 Å². The highest BCUT2D eigenvalue weighted by Gasteiger charge is 2.18. The van der Waals surface area contributed by atoms with E-state index in [-0.39, 0.29) is 0 Å². The Bertz CT molecular complexity index is 2900. The van der Waals surface area contributed by atoms with Gasteiger partial charge < -0.3 is 4.42 Å². The first-order valence-corrected chi connectivity index (χ1v) is 16.4. The quantitative estimate of drug-likeness (QED) is 0.195. The summed E-state index contributed by atoms with van der Waals surface area (Å²) in [5.74, 6) is 1.85. The Balaban J connectivity index is 1.20. The summed E-state index contributed by atoms with van der Waals surface area (Å²) in [6.45, 7) is 0. The summed E-state index contributed by atoms with van der Waals surface area (Å²) >= 11 is 0. The van der Waals surface area contributed by atoms with Gasteiger partial charge in [-0.3, -0.25) is 0 Å². The van der Waals surface area contributed by atoms with Crippen LogP contribution in [0.4, 0.5) is 0 Å². The molecule has 0 saturated carbocycles. The number of benzene rings is 8. The zero-order valence-corrected chi connectivity index (χ0v) is 26.3. The van der Waals surface area contributed by atoms with E-state index in [9.17, 15) is 0 Å². The van der Waals surface area contributed by atoms with Crippen molar-refractivity contribution >= 4 is 54.3 Å². The third kappa shape index (κ3) is 4.65. The molecule has 2 aromatic heterocycles. The first-order chi connectivity index (χ1) is 24.2. The predicted octanol–water partition coefficient (Wildman–Crippen LogP) is 11.9. The van der Waals surface area contributed by atoms with E-state index in [0.717, 1.165) is 54.8 Å². The molecule has 228 valence electrons. The molecule has 10 rings (SSSR count). The monoisotopic (exact) mass is 625 g/mol. The van der Waals surface area contributed by atoms with Gasteiger partial charge in [-0.2, -0.15) is 0 Å². The summed E-state index contributed by atoms with van der Waals surface area (Å²) in [4.78, 5) is 15.5. The third-order valence-electron chi connectivity index (χ3n) is 9.49. The molecule has 0 radical (unpaired) electrons. The highest BCUT2D eigenvalue weighted by atomic mass is 16.3. The standard InChI is InChI=1S/C45H27N3O/c1-3-11-31-25-33(22-19-28(31)9-1)36-15-7-13-30-21-24-35(27-39(30)36)44-46-43(34-23-20-29-10-2-4-12-32(29)26-34)47-45(48-44)38-16-8-18-41-42(38)37-14-5-6-17-40(37)49-41/h1-27H. The number of hydrogen-bond donors (Lipinski definition) is 0. The topological polar surface area (TPSA) is 51.8 Å². The second-order valence-corrected chi connectivity index (χ2v) is 12.4. The fraction of sp³-hybridized carbons (Fsp3) is 0. The molecule has 0 spiro atoms. The molecule has 10 aromatic rings. The molecule has 49 heavy (non-hydrogen) atoms. The predicted molar refractivity (Wildman–Crippen MR) is 201 cm³/mol. The Morgan fingerprint density at radius 2 is 0.857 bits per heavy atom. The summed E-state index contributed by atoms with van der Waals surface area (Å²) in [6, 6.07) is 57.1. The van der Waals surface area contributed by atoms with Gasteiger partial charge in [0.25, 0.3) is 0 Å². The lowest BCUT2D eigenvalue weighted by Crippen LogP contribution is -2.00. The van der Waals surface area contributed by atoms with Crippen molar-refractivity contribution in [2.24, 2.45) is 0 Å². The van der Waals surface area contributed by atoms with Crippen molar-refractivity contribution in [1.82, 2.24) is 15.0 Å². The van der Waals surface area contributed by atoms with E-state index < -0.39 is 0 Å². The minimum atomic E-state index is 0.605. The molecular formula is C45H27N3O. The van der Waals surface area contributed by atoms with Gasteiger partial charge in [0, 0.05) is 27.5 Å². The van der Waals surface area contributed by atoms with Crippen LogP contribution >= 0.6 is 0 Å². The molecule has 0 aliphatic heterocycles. The van der Waals surface area contributed by atoms with Gasteiger partial charge in [0.1, 0.15) is 11.2 Å². The van der Waals surface area contributed by atoms with Crippen LogP contribution in [-0.4, -0.2) is 15.0 Å². The van der Waals surface area contributed by atoms with Crippen LogP contribution in [0, 0.1) is 0 Å². The van der Waals surface area contributed by atoms with E-state index in [4.69, 9.17) is 19.4 Å². The molecule has 4 heteroatoms. The lowest BCUT2D eigenvalue weighted by Gasteiger charge is -2.12. The smallest absolute Gasteiger partial charge is 0.164 e. The van der Waals surface area contributed by atoms with Crippen LogP contribution in [0.25, 0.3) is 99.5 Å². The van der Waals surface area contributed by atoms with Crippen LogP contribution in [-0.2, 0) is 0 Å². The molecule has 0 saturated heterocycles. The summed E-state index contributed by atoms with van der Waals surface area (Å²) in [5, 5.41) is 9.09. The zero-order valence-electron chi connectivity index (χ0n) is 26.3. The highest BCUT2D eigenvalue weighted by molar-refractivity contribution is 6.12. The highest BCUT2D eigenvalue weighted by Crippen LogP contribution is 2.38. The summed E-state index contributed by atoms with van der Waals surface area (Å²) in [7, 11) is 0. The molecule has 4 nitrogen and oxygen atoms in total. The minimum absolute atomic E-state index is 0.605. The van der Waals surface area contributed by atoms with E-state index >= 15 is 0 Å². The van der Waals surface area contributed by atoms with Crippen molar-refractivity contribution in [2.75, 3.05) is 0 Å². The van der Waals surface area contributed by atoms with E-state index in [1.165, 1.54) is 27.3 Å². The fourth-order valence-electron chi connectivity index (χ4n) is 7.06. The molecule has 0 N–H and O–H groups in total. The van der Waals surface area contributed by atoms with Crippen LogP contribution in [0.15, 0.2) is 168 Å². The summed E-state index contributed by atoms with van der Waals surface area (Å²) in [6.07, 6.45) is 0. The second-order valence-electron chi connectivity index (χ2n) is 12.4. The second kappa shape index (κ2) is 11.0. The van der Waals surface area contributed by atoms with Crippen LogP contribution in [0.2, 0.25) is 0 Å². The maximum Gasteiger partial charge on any atom is 0.164 e. The van der Waals surface area contributed by atoms with Crippen LogP contribution < -0.4 is 0 Å². The molecule has 2 heterocycles. The molecule has 0 unspecified atom stereocenters. The van der Waals surface area contributed by atoms with Gasteiger partial charge in [-0.15, -0.1) is 0 Å². The Hall–Kier alpha value is -6.65. The van der Waals surface area contributed by atoms with Crippen LogP contribution in [0.3, 0.4) is 0 Å². The molecule has 0 bridgehead atoms. The van der Waals surface area contributed by atoms with Crippen molar-refractivity contribution in [3.63, 3.8) is 0 Å². The normalized spacial score (nSPS) is 11.7. The van der Waals surface area contributed by atoms with E-state index in [2.05, 4.69) is 133 Å². The van der Waals surface area contributed by atoms with Crippen molar-refractivity contribution in [3.8, 4) is 45.3 Å². The number of furan rings is 1. The van der Waals surface area contributed by atoms with Gasteiger partial charge in [0.15, 0.2) is 17.5 Å². The third-order valence-corrected chi connectivity index (χ3v) is 9.49. The average Bonchev–Trinajstić information content (AvgIpc) is 3.56. The van der Waals surface area contributed by atoms with Gasteiger partial charge in [-0.25, -0.2) is 15.0 Å². The van der Waals surface area contributed by atoms with Gasteiger partial charge in [-0.05, 0) is 73.8 Å². The van der Waals surface area contributed by atoms with E-state index in [1.54, 1.807) is 0 Å². The number of hydrogen-bond acceptors (Lipinski definition) is 4. The van der Waals surface area contributed by atoms with Crippen LogP contribution in [0.5, 0.6) is 0 Å². The fourth-order valence-corrected chi connectivity index (χ4v) is 7.06. The first kappa shape index (κ1) is 27.5. The Kier molecular flexibility index (Phi) is 6.15. The van der Waals surface area contributed by atoms with Gasteiger partial charge in [-0.1, -0.05) is 133 Å². The lowest BCUT2D eigenvalue weighted by molar-refractivity contribution is 0.669. The molecule has 0 fully saturated rings. The van der Waals surface area contributed by atoms with E-state index in [0.29, 0.717) is 17.5 Å². The summed E-state index contributed by atoms with van der Waals surface area (Å²) < 4.78 is 6.25. The Morgan fingerprint density at radius 1 is 0.327 bits per heavy atom. The Morgan fingerprint density at radius 3 is 1.63 bits per heavy atom. The molecule has 0 aliphatic carbocycles. The van der Waals surface area contributed by atoms with E-state index in [1.807, 2.05) is 30.3 Å². The van der Waals surface area contributed by atoms with Crippen molar-refractivity contribution < 1.29 is 4.42 Å².